The number of imide groups is 1. The van der Waals surface area contributed by atoms with Gasteiger partial charge in [0.05, 0.1) is 4.91 Å². The normalized spacial score (nSPS) is 15.4. The van der Waals surface area contributed by atoms with Crippen molar-refractivity contribution in [2.75, 3.05) is 11.9 Å². The van der Waals surface area contributed by atoms with E-state index in [1.54, 1.807) is 13.0 Å². The van der Waals surface area contributed by atoms with Gasteiger partial charge in [-0.05, 0) is 55.4 Å². The summed E-state index contributed by atoms with van der Waals surface area (Å²) in [6.07, 6.45) is 3.58. The number of benzene rings is 2. The molecule has 1 saturated heterocycles. The monoisotopic (exact) mass is 419 g/mol. The third-order valence-electron chi connectivity index (χ3n) is 4.91. The van der Waals surface area contributed by atoms with Crippen molar-refractivity contribution in [2.45, 2.75) is 20.4 Å². The van der Waals surface area contributed by atoms with E-state index in [-0.39, 0.29) is 23.6 Å². The Kier molecular flexibility index (Phi) is 5.46. The predicted molar refractivity (Wildman–Crippen MR) is 120 cm³/mol. The Morgan fingerprint density at radius 3 is 2.67 bits per heavy atom. The van der Waals surface area contributed by atoms with Crippen molar-refractivity contribution in [2.24, 2.45) is 0 Å². The quantitative estimate of drug-likeness (QED) is 0.612. The fourth-order valence-corrected chi connectivity index (χ4v) is 4.41. The number of anilines is 1. The first kappa shape index (κ1) is 20.0. The molecule has 2 aromatic carbocycles. The molecule has 0 saturated carbocycles. The van der Waals surface area contributed by atoms with Crippen LogP contribution in [0.3, 0.4) is 0 Å². The van der Waals surface area contributed by atoms with Gasteiger partial charge >= 0.3 is 0 Å². The lowest BCUT2D eigenvalue weighted by Crippen LogP contribution is -2.27. The molecule has 3 amide bonds. The van der Waals surface area contributed by atoms with Crippen LogP contribution in [0.15, 0.2) is 59.6 Å². The van der Waals surface area contributed by atoms with E-state index in [0.29, 0.717) is 11.4 Å². The summed E-state index contributed by atoms with van der Waals surface area (Å²) in [7, 11) is 0. The van der Waals surface area contributed by atoms with Gasteiger partial charge in [-0.3, -0.25) is 19.3 Å². The Hall–Kier alpha value is -3.32. The minimum absolute atomic E-state index is 0.138. The number of amides is 3. The topological polar surface area (TPSA) is 71.4 Å². The summed E-state index contributed by atoms with van der Waals surface area (Å²) < 4.78 is 1.86. The standard InChI is InChI=1S/C23H21N3O3S/c1-3-26-22(28)20(30-23(26)29)12-16-13-25(19-10-5-4-9-18(16)19)14-21(27)24-17-8-6-7-15(2)11-17/h4-13H,3,14H2,1-2H3,(H,24,27)/b20-12-. The van der Waals surface area contributed by atoms with Gasteiger partial charge < -0.3 is 9.88 Å². The number of fused-ring (bicyclic) bond motifs is 1. The molecule has 0 atom stereocenters. The number of carbonyl (C=O) groups is 3. The van der Waals surface area contributed by atoms with Gasteiger partial charge in [-0.2, -0.15) is 0 Å². The van der Waals surface area contributed by atoms with E-state index in [2.05, 4.69) is 5.32 Å². The molecule has 1 aliphatic rings. The van der Waals surface area contributed by atoms with Crippen LogP contribution in [0.1, 0.15) is 18.1 Å². The third kappa shape index (κ3) is 3.89. The molecule has 0 bridgehead atoms. The molecule has 1 aromatic heterocycles. The molecule has 3 aromatic rings. The Bertz CT molecular complexity index is 1200. The number of likely N-dealkylation sites (N-methyl/N-ethyl adjacent to an activating group) is 1. The second-order valence-corrected chi connectivity index (χ2v) is 8.07. The lowest BCUT2D eigenvalue weighted by atomic mass is 10.1. The summed E-state index contributed by atoms with van der Waals surface area (Å²) in [5.74, 6) is -0.416. The average Bonchev–Trinajstić information content (AvgIpc) is 3.18. The Morgan fingerprint density at radius 2 is 1.93 bits per heavy atom. The van der Waals surface area contributed by atoms with E-state index in [9.17, 15) is 14.4 Å². The lowest BCUT2D eigenvalue weighted by Gasteiger charge is -2.08. The maximum Gasteiger partial charge on any atom is 0.293 e. The van der Waals surface area contributed by atoms with E-state index >= 15 is 0 Å². The SMILES string of the molecule is CCN1C(=O)S/C(=C\c2cn(CC(=O)Nc3cccc(C)c3)c3ccccc23)C1=O. The molecule has 0 aliphatic carbocycles. The summed E-state index contributed by atoms with van der Waals surface area (Å²) >= 11 is 0.946. The molecular formula is C23H21N3O3S. The third-order valence-corrected chi connectivity index (χ3v) is 5.82. The highest BCUT2D eigenvalue weighted by Crippen LogP contribution is 2.33. The van der Waals surface area contributed by atoms with E-state index in [1.165, 1.54) is 4.90 Å². The molecule has 0 unspecified atom stereocenters. The molecule has 0 spiro atoms. The van der Waals surface area contributed by atoms with Crippen molar-refractivity contribution < 1.29 is 14.4 Å². The number of hydrogen-bond donors (Lipinski definition) is 1. The average molecular weight is 420 g/mol. The zero-order valence-electron chi connectivity index (χ0n) is 16.7. The van der Waals surface area contributed by atoms with E-state index in [0.717, 1.165) is 39.5 Å². The molecule has 152 valence electrons. The number of aromatic nitrogens is 1. The first-order valence-corrected chi connectivity index (χ1v) is 10.5. The largest absolute Gasteiger partial charge is 0.337 e. The Labute approximate surface area is 178 Å². The molecule has 0 radical (unpaired) electrons. The van der Waals surface area contributed by atoms with E-state index in [1.807, 2.05) is 66.2 Å². The Morgan fingerprint density at radius 1 is 1.13 bits per heavy atom. The van der Waals surface area contributed by atoms with Gasteiger partial charge in [0.2, 0.25) is 5.91 Å². The number of hydrogen-bond acceptors (Lipinski definition) is 4. The van der Waals surface area contributed by atoms with Gasteiger partial charge in [-0.1, -0.05) is 30.3 Å². The van der Waals surface area contributed by atoms with Crippen molar-refractivity contribution in [1.82, 2.24) is 9.47 Å². The number of nitrogens with zero attached hydrogens (tertiary/aromatic N) is 2. The van der Waals surface area contributed by atoms with E-state index < -0.39 is 0 Å². The van der Waals surface area contributed by atoms with Gasteiger partial charge in [0.15, 0.2) is 0 Å². The van der Waals surface area contributed by atoms with Crippen LogP contribution in [0.5, 0.6) is 0 Å². The molecule has 2 heterocycles. The number of aryl methyl sites for hydroxylation is 1. The molecular weight excluding hydrogens is 398 g/mol. The van der Waals surface area contributed by atoms with Crippen molar-refractivity contribution in [3.05, 3.63) is 70.8 Å². The number of carbonyl (C=O) groups excluding carboxylic acids is 3. The first-order valence-electron chi connectivity index (χ1n) is 9.66. The maximum absolute atomic E-state index is 12.6. The number of rotatable bonds is 5. The van der Waals surface area contributed by atoms with Crippen LogP contribution in [0.4, 0.5) is 10.5 Å². The highest BCUT2D eigenvalue weighted by atomic mass is 32.2. The Balaban J connectivity index is 1.63. The summed E-state index contributed by atoms with van der Waals surface area (Å²) in [5, 5.41) is 3.59. The second-order valence-electron chi connectivity index (χ2n) is 7.07. The molecule has 1 aliphatic heterocycles. The van der Waals surface area contributed by atoms with Gasteiger partial charge in [0.25, 0.3) is 11.1 Å². The first-order chi connectivity index (χ1) is 14.5. The minimum atomic E-state index is -0.276. The fraction of sp³-hybridized carbons (Fsp3) is 0.174. The van der Waals surface area contributed by atoms with Crippen LogP contribution in [0.2, 0.25) is 0 Å². The molecule has 30 heavy (non-hydrogen) atoms. The maximum atomic E-state index is 12.6. The van der Waals surface area contributed by atoms with Crippen LogP contribution >= 0.6 is 11.8 Å². The predicted octanol–water partition coefficient (Wildman–Crippen LogP) is 4.64. The minimum Gasteiger partial charge on any atom is -0.337 e. The zero-order valence-corrected chi connectivity index (χ0v) is 17.5. The van der Waals surface area contributed by atoms with Crippen LogP contribution in [-0.2, 0) is 16.1 Å². The second kappa shape index (κ2) is 8.20. The summed E-state index contributed by atoms with van der Waals surface area (Å²) in [5.41, 5.74) is 3.51. The van der Waals surface area contributed by atoms with Crippen LogP contribution in [-0.4, -0.2) is 33.1 Å². The van der Waals surface area contributed by atoms with Gasteiger partial charge in [0.1, 0.15) is 6.54 Å². The van der Waals surface area contributed by atoms with Crippen molar-refractivity contribution in [1.29, 1.82) is 0 Å². The fourth-order valence-electron chi connectivity index (χ4n) is 3.51. The molecule has 4 rings (SSSR count). The lowest BCUT2D eigenvalue weighted by molar-refractivity contribution is -0.122. The van der Waals surface area contributed by atoms with Crippen LogP contribution in [0.25, 0.3) is 17.0 Å². The van der Waals surface area contributed by atoms with E-state index in [4.69, 9.17) is 0 Å². The van der Waals surface area contributed by atoms with Crippen molar-refractivity contribution in [3.8, 4) is 0 Å². The zero-order chi connectivity index (χ0) is 21.3. The smallest absolute Gasteiger partial charge is 0.293 e. The van der Waals surface area contributed by atoms with Crippen LogP contribution in [0, 0.1) is 6.92 Å². The van der Waals surface area contributed by atoms with Gasteiger partial charge in [0, 0.05) is 34.9 Å². The number of thioether (sulfide) groups is 1. The highest BCUT2D eigenvalue weighted by molar-refractivity contribution is 8.18. The number of para-hydroxylation sites is 1. The molecule has 1 fully saturated rings. The number of nitrogens with one attached hydrogen (secondary N) is 1. The van der Waals surface area contributed by atoms with Crippen molar-refractivity contribution >= 4 is 51.5 Å². The summed E-state index contributed by atoms with van der Waals surface area (Å²) in [6, 6.07) is 15.3. The van der Waals surface area contributed by atoms with Crippen molar-refractivity contribution in [3.63, 3.8) is 0 Å². The van der Waals surface area contributed by atoms with Gasteiger partial charge in [-0.25, -0.2) is 0 Å². The summed E-state index contributed by atoms with van der Waals surface area (Å²) in [4.78, 5) is 38.7. The molecule has 7 heteroatoms. The molecule has 6 nitrogen and oxygen atoms in total. The molecule has 1 N–H and O–H groups in total. The van der Waals surface area contributed by atoms with Crippen LogP contribution < -0.4 is 5.32 Å². The summed E-state index contributed by atoms with van der Waals surface area (Å²) in [6.45, 7) is 4.24. The van der Waals surface area contributed by atoms with Gasteiger partial charge in [-0.15, -0.1) is 0 Å². The highest BCUT2D eigenvalue weighted by Gasteiger charge is 2.33.